The van der Waals surface area contributed by atoms with Gasteiger partial charge >= 0.3 is 0 Å². The van der Waals surface area contributed by atoms with Gasteiger partial charge in [0.25, 0.3) is 0 Å². The van der Waals surface area contributed by atoms with E-state index in [2.05, 4.69) is 21.5 Å². The van der Waals surface area contributed by atoms with E-state index in [1.807, 2.05) is 26.2 Å². The summed E-state index contributed by atoms with van der Waals surface area (Å²) in [6.07, 6.45) is 4.06. The van der Waals surface area contributed by atoms with Gasteiger partial charge in [-0.3, -0.25) is 4.68 Å². The Morgan fingerprint density at radius 1 is 1.32 bits per heavy atom. The van der Waals surface area contributed by atoms with Crippen LogP contribution in [0.15, 0.2) is 30.5 Å². The quantitative estimate of drug-likeness (QED) is 0.748. The van der Waals surface area contributed by atoms with Crippen molar-refractivity contribution in [2.75, 3.05) is 0 Å². The van der Waals surface area contributed by atoms with Gasteiger partial charge in [-0.25, -0.2) is 9.37 Å². The van der Waals surface area contributed by atoms with Gasteiger partial charge in [-0.2, -0.15) is 5.10 Å². The highest BCUT2D eigenvalue weighted by Gasteiger charge is 2.25. The van der Waals surface area contributed by atoms with Crippen molar-refractivity contribution in [1.82, 2.24) is 20.1 Å². The number of aryl methyl sites for hydroxylation is 2. The van der Waals surface area contributed by atoms with E-state index < -0.39 is 0 Å². The summed E-state index contributed by atoms with van der Waals surface area (Å²) in [4.78, 5) is 4.46. The van der Waals surface area contributed by atoms with Crippen LogP contribution < -0.4 is 10.1 Å². The van der Waals surface area contributed by atoms with Crippen LogP contribution in [0.1, 0.15) is 29.7 Å². The van der Waals surface area contributed by atoms with Gasteiger partial charge in [-0.1, -0.05) is 12.1 Å². The zero-order chi connectivity index (χ0) is 17.4. The molecular formula is C19H21FN4O. The van der Waals surface area contributed by atoms with Gasteiger partial charge in [-0.05, 0) is 37.5 Å². The number of halogens is 1. The van der Waals surface area contributed by atoms with Crippen LogP contribution in [0.4, 0.5) is 4.39 Å². The molecular weight excluding hydrogens is 319 g/mol. The Labute approximate surface area is 145 Å². The van der Waals surface area contributed by atoms with Crippen LogP contribution in [0, 0.1) is 12.7 Å². The average Bonchev–Trinajstić information content (AvgIpc) is 3.37. The molecule has 0 amide bonds. The second-order valence-corrected chi connectivity index (χ2v) is 6.57. The topological polar surface area (TPSA) is 52.0 Å². The standard InChI is InChI=1S/C19H21FN4O/c1-12-16-8-13(10-22-19(16)24(2)23-12)9-21-11-14-4-3-5-17(18(14)20)25-15-6-7-15/h3-5,8,10,15,21H,6-7,9,11H2,1-2H3. The molecule has 130 valence electrons. The smallest absolute Gasteiger partial charge is 0.169 e. The van der Waals surface area contributed by atoms with E-state index in [4.69, 9.17) is 4.74 Å². The summed E-state index contributed by atoms with van der Waals surface area (Å²) in [6, 6.07) is 7.40. The lowest BCUT2D eigenvalue weighted by Gasteiger charge is -2.10. The van der Waals surface area contributed by atoms with Crippen LogP contribution in [0.2, 0.25) is 0 Å². The van der Waals surface area contributed by atoms with Crippen LogP contribution >= 0.6 is 0 Å². The molecule has 0 spiro atoms. The molecule has 1 aromatic carbocycles. The fraction of sp³-hybridized carbons (Fsp3) is 0.368. The molecule has 1 aliphatic rings. The van der Waals surface area contributed by atoms with E-state index >= 15 is 0 Å². The lowest BCUT2D eigenvalue weighted by atomic mass is 10.1. The van der Waals surface area contributed by atoms with Crippen LogP contribution in [-0.2, 0) is 20.1 Å². The average molecular weight is 340 g/mol. The van der Waals surface area contributed by atoms with E-state index in [9.17, 15) is 4.39 Å². The molecule has 2 aromatic heterocycles. The Morgan fingerprint density at radius 2 is 2.16 bits per heavy atom. The highest BCUT2D eigenvalue weighted by Crippen LogP contribution is 2.29. The molecule has 1 fully saturated rings. The molecule has 4 rings (SSSR count). The Morgan fingerprint density at radius 3 is 2.96 bits per heavy atom. The number of benzene rings is 1. The lowest BCUT2D eigenvalue weighted by Crippen LogP contribution is -2.14. The van der Waals surface area contributed by atoms with Crippen molar-refractivity contribution in [2.24, 2.45) is 7.05 Å². The molecule has 0 bridgehead atoms. The monoisotopic (exact) mass is 340 g/mol. The number of fused-ring (bicyclic) bond motifs is 1. The molecule has 6 heteroatoms. The normalized spacial score (nSPS) is 14.2. The molecule has 0 radical (unpaired) electrons. The van der Waals surface area contributed by atoms with Crippen molar-refractivity contribution in [1.29, 1.82) is 0 Å². The first-order valence-corrected chi connectivity index (χ1v) is 8.55. The summed E-state index contributed by atoms with van der Waals surface area (Å²) >= 11 is 0. The van der Waals surface area contributed by atoms with Crippen molar-refractivity contribution in [3.05, 3.63) is 53.1 Å². The third-order valence-corrected chi connectivity index (χ3v) is 4.43. The van der Waals surface area contributed by atoms with E-state index in [1.54, 1.807) is 16.8 Å². The van der Waals surface area contributed by atoms with Crippen LogP contribution in [-0.4, -0.2) is 20.9 Å². The number of aromatic nitrogens is 3. The fourth-order valence-corrected chi connectivity index (χ4v) is 2.94. The fourth-order valence-electron chi connectivity index (χ4n) is 2.94. The molecule has 3 aromatic rings. The maximum absolute atomic E-state index is 14.5. The van der Waals surface area contributed by atoms with Gasteiger partial charge in [0.2, 0.25) is 0 Å². The van der Waals surface area contributed by atoms with Gasteiger partial charge < -0.3 is 10.1 Å². The molecule has 0 atom stereocenters. The number of pyridine rings is 1. The van der Waals surface area contributed by atoms with E-state index in [0.29, 0.717) is 24.4 Å². The summed E-state index contributed by atoms with van der Waals surface area (Å²) in [5.41, 5.74) is 3.50. The third-order valence-electron chi connectivity index (χ3n) is 4.43. The van der Waals surface area contributed by atoms with E-state index in [0.717, 1.165) is 35.1 Å². The van der Waals surface area contributed by atoms with Gasteiger partial charge in [0.05, 0.1) is 11.8 Å². The molecule has 2 heterocycles. The van der Waals surface area contributed by atoms with E-state index in [1.165, 1.54) is 0 Å². The van der Waals surface area contributed by atoms with E-state index in [-0.39, 0.29) is 11.9 Å². The Kier molecular flexibility index (Phi) is 4.13. The Balaban J connectivity index is 1.43. The van der Waals surface area contributed by atoms with Crippen molar-refractivity contribution in [3.63, 3.8) is 0 Å². The van der Waals surface area contributed by atoms with Crippen LogP contribution in [0.3, 0.4) is 0 Å². The second-order valence-electron chi connectivity index (χ2n) is 6.57. The zero-order valence-corrected chi connectivity index (χ0v) is 14.4. The van der Waals surface area contributed by atoms with Crippen LogP contribution in [0.5, 0.6) is 5.75 Å². The lowest BCUT2D eigenvalue weighted by molar-refractivity contribution is 0.286. The SMILES string of the molecule is Cc1nn(C)c2ncc(CNCc3cccc(OC4CC4)c3F)cc12. The molecule has 0 saturated heterocycles. The number of hydrogen-bond donors (Lipinski definition) is 1. The Bertz CT molecular complexity index is 917. The Hall–Kier alpha value is -2.47. The first kappa shape index (κ1) is 16.0. The molecule has 1 N–H and O–H groups in total. The highest BCUT2D eigenvalue weighted by molar-refractivity contribution is 5.78. The predicted octanol–water partition coefficient (Wildman–Crippen LogP) is 3.25. The molecule has 5 nitrogen and oxygen atoms in total. The van der Waals surface area contributed by atoms with Gasteiger partial charge in [-0.15, -0.1) is 0 Å². The maximum atomic E-state index is 14.5. The molecule has 1 saturated carbocycles. The summed E-state index contributed by atoms with van der Waals surface area (Å²) in [6.45, 7) is 3.03. The first-order valence-electron chi connectivity index (χ1n) is 8.55. The number of rotatable bonds is 6. The predicted molar refractivity (Wildman–Crippen MR) is 93.8 cm³/mol. The van der Waals surface area contributed by atoms with Crippen molar-refractivity contribution in [3.8, 4) is 5.75 Å². The van der Waals surface area contributed by atoms with Gasteiger partial charge in [0.1, 0.15) is 0 Å². The van der Waals surface area contributed by atoms with Crippen molar-refractivity contribution >= 4 is 11.0 Å². The summed E-state index contributed by atoms with van der Waals surface area (Å²) in [7, 11) is 1.89. The third kappa shape index (κ3) is 3.35. The first-order chi connectivity index (χ1) is 12.1. The van der Waals surface area contributed by atoms with Gasteiger partial charge in [0, 0.05) is 37.3 Å². The maximum Gasteiger partial charge on any atom is 0.169 e. The largest absolute Gasteiger partial charge is 0.487 e. The van der Waals surface area contributed by atoms with Crippen molar-refractivity contribution < 1.29 is 9.13 Å². The summed E-state index contributed by atoms with van der Waals surface area (Å²) in [5.74, 6) is 0.0921. The minimum atomic E-state index is -0.265. The zero-order valence-electron chi connectivity index (χ0n) is 14.4. The number of ether oxygens (including phenoxy) is 1. The minimum absolute atomic E-state index is 0.193. The molecule has 25 heavy (non-hydrogen) atoms. The molecule has 0 aliphatic heterocycles. The number of nitrogens with zero attached hydrogens (tertiary/aromatic N) is 3. The van der Waals surface area contributed by atoms with Crippen molar-refractivity contribution in [2.45, 2.75) is 39.0 Å². The number of nitrogens with one attached hydrogen (secondary N) is 1. The molecule has 1 aliphatic carbocycles. The summed E-state index contributed by atoms with van der Waals surface area (Å²) in [5, 5.41) is 8.71. The second kappa shape index (κ2) is 6.44. The van der Waals surface area contributed by atoms with Gasteiger partial charge in [0.15, 0.2) is 17.2 Å². The molecule has 0 unspecified atom stereocenters. The highest BCUT2D eigenvalue weighted by atomic mass is 19.1. The van der Waals surface area contributed by atoms with Crippen LogP contribution in [0.25, 0.3) is 11.0 Å². The number of hydrogen-bond acceptors (Lipinski definition) is 4. The summed E-state index contributed by atoms with van der Waals surface area (Å²) < 4.78 is 21.8. The minimum Gasteiger partial charge on any atom is -0.487 e.